The summed E-state index contributed by atoms with van der Waals surface area (Å²) in [6, 6.07) is 18.2. The molecule has 0 aliphatic carbocycles. The summed E-state index contributed by atoms with van der Waals surface area (Å²) in [4.78, 5) is 35.1. The topological polar surface area (TPSA) is 73.7 Å². The van der Waals surface area contributed by atoms with E-state index in [4.69, 9.17) is 14.5 Å². The largest absolute Gasteiger partial charge is 0.497 e. The van der Waals surface area contributed by atoms with Crippen LogP contribution in [0.4, 0.5) is 0 Å². The molecule has 0 spiro atoms. The number of benzene rings is 3. The SMILES string of the molecule is CCCCc1ccc(C(=O)N(CCC(C)C)C(C)c2nc3ccccc3c(=O)n2-c2cc(OC)cc(OC)c2Br)cc1. The van der Waals surface area contributed by atoms with Crippen LogP contribution in [0, 0.1) is 5.92 Å². The number of para-hydroxylation sites is 1. The van der Waals surface area contributed by atoms with E-state index in [9.17, 15) is 9.59 Å². The van der Waals surface area contributed by atoms with E-state index < -0.39 is 6.04 Å². The number of hydrogen-bond acceptors (Lipinski definition) is 5. The molecule has 0 aliphatic heterocycles. The Hall–Kier alpha value is -3.65. The molecule has 0 bridgehead atoms. The number of rotatable bonds is 12. The van der Waals surface area contributed by atoms with E-state index in [0.717, 1.165) is 25.7 Å². The molecular weight excluding hydrogens is 594 g/mol. The molecule has 0 saturated carbocycles. The van der Waals surface area contributed by atoms with Crippen LogP contribution in [0.2, 0.25) is 0 Å². The van der Waals surface area contributed by atoms with Crippen LogP contribution in [0.25, 0.3) is 16.6 Å². The Morgan fingerprint density at radius 3 is 2.38 bits per heavy atom. The molecule has 1 unspecified atom stereocenters. The molecule has 0 fully saturated rings. The zero-order valence-electron chi connectivity index (χ0n) is 25.3. The molecule has 4 aromatic rings. The van der Waals surface area contributed by atoms with Gasteiger partial charge in [-0.1, -0.05) is 51.5 Å². The number of unbranched alkanes of at least 4 members (excludes halogenated alkanes) is 1. The minimum atomic E-state index is -0.530. The third-order valence-electron chi connectivity index (χ3n) is 7.56. The highest BCUT2D eigenvalue weighted by molar-refractivity contribution is 9.10. The number of hydrogen-bond donors (Lipinski definition) is 0. The van der Waals surface area contributed by atoms with Crippen molar-refractivity contribution in [1.29, 1.82) is 0 Å². The highest BCUT2D eigenvalue weighted by atomic mass is 79.9. The van der Waals surface area contributed by atoms with Gasteiger partial charge < -0.3 is 14.4 Å². The summed E-state index contributed by atoms with van der Waals surface area (Å²) in [5, 5.41) is 0.477. The average molecular weight is 635 g/mol. The van der Waals surface area contributed by atoms with Gasteiger partial charge in [0.15, 0.2) is 0 Å². The van der Waals surface area contributed by atoms with Crippen molar-refractivity contribution in [2.24, 2.45) is 5.92 Å². The minimum Gasteiger partial charge on any atom is -0.497 e. The summed E-state index contributed by atoms with van der Waals surface area (Å²) in [6.45, 7) is 8.90. The first-order valence-corrected chi connectivity index (χ1v) is 15.3. The lowest BCUT2D eigenvalue weighted by Crippen LogP contribution is -2.38. The maximum Gasteiger partial charge on any atom is 0.266 e. The number of fused-ring (bicyclic) bond motifs is 1. The number of carbonyl (C=O) groups is 1. The van der Waals surface area contributed by atoms with Crippen LogP contribution in [-0.4, -0.2) is 41.1 Å². The number of amides is 1. The fourth-order valence-corrected chi connectivity index (χ4v) is 5.59. The van der Waals surface area contributed by atoms with Gasteiger partial charge in [-0.15, -0.1) is 0 Å². The highest BCUT2D eigenvalue weighted by Gasteiger charge is 2.29. The fraction of sp³-hybridized carbons (Fsp3) is 0.382. The lowest BCUT2D eigenvalue weighted by Gasteiger charge is -2.31. The molecule has 222 valence electrons. The first-order chi connectivity index (χ1) is 20.2. The number of nitrogens with zero attached hydrogens (tertiary/aromatic N) is 3. The van der Waals surface area contributed by atoms with Crippen LogP contribution in [0.15, 0.2) is 69.9 Å². The molecule has 1 amide bonds. The van der Waals surface area contributed by atoms with Gasteiger partial charge in [-0.25, -0.2) is 4.98 Å². The number of ether oxygens (including phenoxy) is 2. The lowest BCUT2D eigenvalue weighted by atomic mass is 10.0. The smallest absolute Gasteiger partial charge is 0.266 e. The summed E-state index contributed by atoms with van der Waals surface area (Å²) in [5.74, 6) is 1.78. The predicted molar refractivity (Wildman–Crippen MR) is 172 cm³/mol. The van der Waals surface area contributed by atoms with Gasteiger partial charge in [-0.05, 0) is 77.9 Å². The molecule has 0 saturated heterocycles. The monoisotopic (exact) mass is 633 g/mol. The van der Waals surface area contributed by atoms with Crippen molar-refractivity contribution in [3.8, 4) is 17.2 Å². The van der Waals surface area contributed by atoms with Gasteiger partial charge >= 0.3 is 0 Å². The second kappa shape index (κ2) is 14.0. The molecule has 1 atom stereocenters. The van der Waals surface area contributed by atoms with Gasteiger partial charge in [0, 0.05) is 24.2 Å². The lowest BCUT2D eigenvalue weighted by molar-refractivity contribution is 0.0671. The zero-order valence-corrected chi connectivity index (χ0v) is 26.9. The van der Waals surface area contributed by atoms with Crippen LogP contribution in [-0.2, 0) is 6.42 Å². The number of methoxy groups -OCH3 is 2. The molecule has 4 rings (SSSR count). The molecule has 0 aliphatic rings. The first-order valence-electron chi connectivity index (χ1n) is 14.5. The van der Waals surface area contributed by atoms with Gasteiger partial charge in [0.1, 0.15) is 17.3 Å². The second-order valence-corrected chi connectivity index (χ2v) is 11.7. The van der Waals surface area contributed by atoms with Crippen LogP contribution in [0.3, 0.4) is 0 Å². The van der Waals surface area contributed by atoms with E-state index >= 15 is 0 Å². The Kier molecular flexibility index (Phi) is 10.4. The molecular formula is C34H40BrN3O4. The average Bonchev–Trinajstić information content (AvgIpc) is 3.00. The maximum absolute atomic E-state index is 14.2. The van der Waals surface area contributed by atoms with E-state index in [1.807, 2.05) is 54.3 Å². The summed E-state index contributed by atoms with van der Waals surface area (Å²) >= 11 is 3.65. The van der Waals surface area contributed by atoms with E-state index in [1.54, 1.807) is 37.0 Å². The number of halogens is 1. The van der Waals surface area contributed by atoms with Gasteiger partial charge in [0.2, 0.25) is 0 Å². The Morgan fingerprint density at radius 1 is 1.02 bits per heavy atom. The molecule has 8 heteroatoms. The zero-order chi connectivity index (χ0) is 30.4. The van der Waals surface area contributed by atoms with Crippen molar-refractivity contribution in [2.45, 2.75) is 59.4 Å². The van der Waals surface area contributed by atoms with E-state index in [1.165, 1.54) is 5.56 Å². The van der Waals surface area contributed by atoms with Crippen LogP contribution in [0.1, 0.15) is 74.7 Å². The van der Waals surface area contributed by atoms with Crippen molar-refractivity contribution in [1.82, 2.24) is 14.5 Å². The van der Waals surface area contributed by atoms with E-state index in [0.29, 0.717) is 56.4 Å². The molecule has 3 aromatic carbocycles. The van der Waals surface area contributed by atoms with Crippen molar-refractivity contribution in [3.05, 3.63) is 92.4 Å². The molecule has 0 N–H and O–H groups in total. The van der Waals surface area contributed by atoms with Crippen molar-refractivity contribution in [3.63, 3.8) is 0 Å². The standard InChI is InChI=1S/C34H40BrN3O4/c1-7-8-11-24-14-16-25(17-15-24)33(39)37(19-18-22(2)3)23(4)32-36-28-13-10-9-12-27(28)34(40)38(32)29-20-26(41-5)21-30(42-6)31(29)35/h9-10,12-17,20-23H,7-8,11,18-19H2,1-6H3. The highest BCUT2D eigenvalue weighted by Crippen LogP contribution is 2.37. The number of aryl methyl sites for hydroxylation is 1. The summed E-state index contributed by atoms with van der Waals surface area (Å²) in [5.41, 5.74) is 2.69. The Labute approximate surface area is 256 Å². The predicted octanol–water partition coefficient (Wildman–Crippen LogP) is 7.76. The van der Waals surface area contributed by atoms with Gasteiger partial charge in [-0.3, -0.25) is 14.2 Å². The maximum atomic E-state index is 14.2. The van der Waals surface area contributed by atoms with Crippen molar-refractivity contribution >= 4 is 32.7 Å². The van der Waals surface area contributed by atoms with Gasteiger partial charge in [0.05, 0.1) is 41.3 Å². The quantitative estimate of drug-likeness (QED) is 0.159. The second-order valence-electron chi connectivity index (χ2n) is 10.9. The van der Waals surface area contributed by atoms with E-state index in [-0.39, 0.29) is 11.5 Å². The van der Waals surface area contributed by atoms with Crippen molar-refractivity contribution < 1.29 is 14.3 Å². The number of carbonyl (C=O) groups excluding carboxylic acids is 1. The Morgan fingerprint density at radius 2 is 1.74 bits per heavy atom. The Bertz CT molecular complexity index is 1600. The summed E-state index contributed by atoms with van der Waals surface area (Å²) in [6.07, 6.45) is 4.03. The van der Waals surface area contributed by atoms with E-state index in [2.05, 4.69) is 36.7 Å². The fourth-order valence-electron chi connectivity index (χ4n) is 5.02. The number of aromatic nitrogens is 2. The molecule has 0 radical (unpaired) electrons. The van der Waals surface area contributed by atoms with Crippen molar-refractivity contribution in [2.75, 3.05) is 20.8 Å². The van der Waals surface area contributed by atoms with Gasteiger partial charge in [-0.2, -0.15) is 0 Å². The Balaban J connectivity index is 1.90. The normalized spacial score (nSPS) is 12.0. The molecule has 1 heterocycles. The molecule has 7 nitrogen and oxygen atoms in total. The summed E-state index contributed by atoms with van der Waals surface area (Å²) in [7, 11) is 3.13. The molecule has 42 heavy (non-hydrogen) atoms. The first kappa shape index (κ1) is 31.3. The van der Waals surface area contributed by atoms with Crippen LogP contribution >= 0.6 is 15.9 Å². The minimum absolute atomic E-state index is 0.0959. The van der Waals surface area contributed by atoms with Crippen LogP contribution < -0.4 is 15.0 Å². The third kappa shape index (κ3) is 6.70. The van der Waals surface area contributed by atoms with Gasteiger partial charge in [0.25, 0.3) is 11.5 Å². The molecule has 1 aromatic heterocycles. The van der Waals surface area contributed by atoms with Crippen LogP contribution in [0.5, 0.6) is 11.5 Å². The third-order valence-corrected chi connectivity index (χ3v) is 8.36. The summed E-state index contributed by atoms with van der Waals surface area (Å²) < 4.78 is 13.3.